The van der Waals surface area contributed by atoms with E-state index >= 15 is 0 Å². The zero-order chi connectivity index (χ0) is 22.2. The maximum atomic E-state index is 13.3. The van der Waals surface area contributed by atoms with Gasteiger partial charge in [0.2, 0.25) is 0 Å². The summed E-state index contributed by atoms with van der Waals surface area (Å²) in [4.78, 5) is 2.34. The molecular weight excluding hydrogens is 442 g/mol. The number of benzene rings is 2. The molecule has 3 N–H and O–H groups in total. The Kier molecular flexibility index (Phi) is 6.50. The van der Waals surface area contributed by atoms with Gasteiger partial charge in [-0.3, -0.25) is 0 Å². The maximum absolute atomic E-state index is 13.3. The molecule has 2 aromatic carbocycles. The van der Waals surface area contributed by atoms with Gasteiger partial charge in [-0.2, -0.15) is 0 Å². The highest BCUT2D eigenvalue weighted by Crippen LogP contribution is 2.42. The van der Waals surface area contributed by atoms with Crippen LogP contribution in [0.2, 0.25) is 10.0 Å². The fraction of sp³-hybridized carbons (Fsp3) is 0.478. The first-order valence-electron chi connectivity index (χ1n) is 10.5. The van der Waals surface area contributed by atoms with Crippen molar-refractivity contribution in [2.75, 3.05) is 25.4 Å². The third-order valence-corrected chi connectivity index (χ3v) is 7.01. The lowest BCUT2D eigenvalue weighted by molar-refractivity contribution is -0.455. The second kappa shape index (κ2) is 8.85. The van der Waals surface area contributed by atoms with Crippen molar-refractivity contribution in [3.05, 3.63) is 63.4 Å². The van der Waals surface area contributed by atoms with Crippen LogP contribution in [0.3, 0.4) is 0 Å². The van der Waals surface area contributed by atoms with Crippen molar-refractivity contribution in [2.45, 2.75) is 50.3 Å². The molecule has 31 heavy (non-hydrogen) atoms. The average molecular weight is 469 g/mol. The molecule has 2 aliphatic heterocycles. The van der Waals surface area contributed by atoms with E-state index in [1.807, 2.05) is 6.07 Å². The molecule has 0 atom stereocenters. The molecule has 0 saturated carbocycles. The zero-order valence-electron chi connectivity index (χ0n) is 17.4. The van der Waals surface area contributed by atoms with Crippen LogP contribution in [0.25, 0.3) is 0 Å². The molecule has 0 aliphatic carbocycles. The second-order valence-corrected chi connectivity index (χ2v) is 9.30. The van der Waals surface area contributed by atoms with Crippen LogP contribution in [0, 0.1) is 5.82 Å². The number of aliphatic hydroxyl groups is 1. The average Bonchev–Trinajstić information content (AvgIpc) is 2.70. The van der Waals surface area contributed by atoms with Crippen LogP contribution in [0.1, 0.15) is 43.7 Å². The topological polar surface area (TPSA) is 68.0 Å². The Morgan fingerprint density at radius 2 is 1.84 bits per heavy atom. The van der Waals surface area contributed by atoms with E-state index in [9.17, 15) is 9.50 Å². The number of nitrogen functional groups attached to an aromatic ring is 1. The fourth-order valence-electron chi connectivity index (χ4n) is 4.40. The van der Waals surface area contributed by atoms with Gasteiger partial charge in [-0.1, -0.05) is 29.3 Å². The minimum atomic E-state index is -0.927. The first-order valence-corrected chi connectivity index (χ1v) is 11.3. The Labute approximate surface area is 191 Å². The summed E-state index contributed by atoms with van der Waals surface area (Å²) in [5.74, 6) is -1.31. The Morgan fingerprint density at radius 3 is 2.48 bits per heavy atom. The molecule has 2 aromatic rings. The summed E-state index contributed by atoms with van der Waals surface area (Å²) in [5, 5.41) is 12.0. The molecule has 2 aliphatic rings. The predicted molar refractivity (Wildman–Crippen MR) is 119 cm³/mol. The van der Waals surface area contributed by atoms with E-state index in [4.69, 9.17) is 38.4 Å². The van der Waals surface area contributed by atoms with Gasteiger partial charge >= 0.3 is 0 Å². The van der Waals surface area contributed by atoms with Crippen LogP contribution < -0.4 is 5.73 Å². The van der Waals surface area contributed by atoms with E-state index in [0.29, 0.717) is 34.1 Å². The number of ether oxygens (including phenoxy) is 2. The van der Waals surface area contributed by atoms with Gasteiger partial charge < -0.3 is 25.2 Å². The van der Waals surface area contributed by atoms with Crippen molar-refractivity contribution in [1.29, 1.82) is 0 Å². The highest BCUT2D eigenvalue weighted by molar-refractivity contribution is 6.42. The van der Waals surface area contributed by atoms with Gasteiger partial charge in [-0.05, 0) is 75.0 Å². The fourth-order valence-corrected chi connectivity index (χ4v) is 4.70. The van der Waals surface area contributed by atoms with Gasteiger partial charge in [0.05, 0.1) is 15.6 Å². The molecule has 4 rings (SSSR count). The van der Waals surface area contributed by atoms with Crippen LogP contribution in [-0.4, -0.2) is 35.9 Å². The Hall–Kier alpha value is -1.41. The molecule has 0 bridgehead atoms. The number of hydrogen-bond donors (Lipinski definition) is 2. The molecule has 0 aromatic heterocycles. The summed E-state index contributed by atoms with van der Waals surface area (Å²) >= 11 is 12.1. The number of anilines is 1. The quantitative estimate of drug-likeness (QED) is 0.582. The third-order valence-electron chi connectivity index (χ3n) is 6.27. The molecule has 0 unspecified atom stereocenters. The van der Waals surface area contributed by atoms with Crippen molar-refractivity contribution in [2.24, 2.45) is 0 Å². The van der Waals surface area contributed by atoms with Crippen LogP contribution in [-0.2, 0) is 20.9 Å². The third kappa shape index (κ3) is 4.85. The minimum absolute atomic E-state index is 0.299. The monoisotopic (exact) mass is 468 g/mol. The molecule has 5 nitrogen and oxygen atoms in total. The van der Waals surface area contributed by atoms with Crippen LogP contribution in [0.15, 0.2) is 36.4 Å². The van der Waals surface area contributed by atoms with E-state index < -0.39 is 11.4 Å². The van der Waals surface area contributed by atoms with E-state index in [-0.39, 0.29) is 12.1 Å². The molecule has 168 valence electrons. The molecule has 2 heterocycles. The van der Waals surface area contributed by atoms with Gasteiger partial charge in [0.25, 0.3) is 0 Å². The SMILES string of the molecule is CC1(c2ccc(F)cc2N)OC(CCCN2CCC(O)(c3ccc(Cl)c(Cl)c3)CC2)O1. The number of hydrogen-bond acceptors (Lipinski definition) is 5. The highest BCUT2D eigenvalue weighted by atomic mass is 35.5. The molecule has 8 heteroatoms. The lowest BCUT2D eigenvalue weighted by atomic mass is 9.84. The highest BCUT2D eigenvalue weighted by Gasteiger charge is 2.45. The van der Waals surface area contributed by atoms with Crippen molar-refractivity contribution in [3.63, 3.8) is 0 Å². The Bertz CT molecular complexity index is 944. The molecule has 0 amide bonds. The Morgan fingerprint density at radius 1 is 1.13 bits per heavy atom. The lowest BCUT2D eigenvalue weighted by Gasteiger charge is -2.46. The van der Waals surface area contributed by atoms with Crippen LogP contribution in [0.5, 0.6) is 0 Å². The second-order valence-electron chi connectivity index (χ2n) is 8.49. The van der Waals surface area contributed by atoms with Gasteiger partial charge in [-0.25, -0.2) is 4.39 Å². The van der Waals surface area contributed by atoms with Gasteiger partial charge in [-0.15, -0.1) is 0 Å². The first-order chi connectivity index (χ1) is 14.7. The smallest absolute Gasteiger partial charge is 0.199 e. The molecular formula is C23H27Cl2FN2O3. The van der Waals surface area contributed by atoms with E-state index in [1.165, 1.54) is 12.1 Å². The van der Waals surface area contributed by atoms with Crippen molar-refractivity contribution in [1.82, 2.24) is 4.90 Å². The van der Waals surface area contributed by atoms with Gasteiger partial charge in [0, 0.05) is 24.3 Å². The van der Waals surface area contributed by atoms with E-state index in [2.05, 4.69) is 4.90 Å². The molecule has 2 saturated heterocycles. The summed E-state index contributed by atoms with van der Waals surface area (Å²) in [6, 6.07) is 9.57. The molecule has 0 spiro atoms. The first kappa shape index (κ1) is 22.8. The summed E-state index contributed by atoms with van der Waals surface area (Å²) in [7, 11) is 0. The number of nitrogens with zero attached hydrogens (tertiary/aromatic N) is 1. The van der Waals surface area contributed by atoms with Crippen LogP contribution >= 0.6 is 23.2 Å². The van der Waals surface area contributed by atoms with Crippen molar-refractivity contribution >= 4 is 28.9 Å². The number of likely N-dealkylation sites (tertiary alicyclic amines) is 1. The van der Waals surface area contributed by atoms with Crippen molar-refractivity contribution < 1.29 is 19.0 Å². The number of piperidine rings is 1. The summed E-state index contributed by atoms with van der Waals surface area (Å²) in [6.07, 6.45) is 2.65. The largest absolute Gasteiger partial charge is 0.398 e. The van der Waals surface area contributed by atoms with Crippen molar-refractivity contribution in [3.8, 4) is 0 Å². The Balaban J connectivity index is 1.21. The van der Waals surface area contributed by atoms with Gasteiger partial charge in [0.15, 0.2) is 12.1 Å². The molecule has 2 fully saturated rings. The van der Waals surface area contributed by atoms with Crippen LogP contribution in [0.4, 0.5) is 10.1 Å². The summed E-state index contributed by atoms with van der Waals surface area (Å²) < 4.78 is 25.1. The van der Waals surface area contributed by atoms with E-state index in [1.54, 1.807) is 25.1 Å². The predicted octanol–water partition coefficient (Wildman–Crippen LogP) is 5.02. The summed E-state index contributed by atoms with van der Waals surface area (Å²) in [6.45, 7) is 4.29. The normalized spacial score (nSPS) is 25.9. The number of nitrogens with two attached hydrogens (primary N) is 1. The standard InChI is InChI=1S/C23H27Cl2FN2O3/c1-22(17-6-5-16(26)14-20(17)27)30-21(31-22)3-2-10-28-11-8-23(29,9-12-28)15-4-7-18(24)19(25)13-15/h4-7,13-14,21,29H,2-3,8-12,27H2,1H3. The number of halogens is 3. The zero-order valence-corrected chi connectivity index (χ0v) is 18.9. The minimum Gasteiger partial charge on any atom is -0.398 e. The number of rotatable bonds is 6. The van der Waals surface area contributed by atoms with E-state index in [0.717, 1.165) is 38.0 Å². The summed E-state index contributed by atoms with van der Waals surface area (Å²) in [5.41, 5.74) is 6.81. The van der Waals surface area contributed by atoms with Gasteiger partial charge in [0.1, 0.15) is 5.82 Å². The molecule has 0 radical (unpaired) electrons. The lowest BCUT2D eigenvalue weighted by Crippen LogP contribution is -2.49. The maximum Gasteiger partial charge on any atom is 0.199 e.